The zero-order valence-corrected chi connectivity index (χ0v) is 23.7. The minimum absolute atomic E-state index is 0.148. The fourth-order valence-electron chi connectivity index (χ4n) is 3.29. The molecule has 13 nitrogen and oxygen atoms in total. The van der Waals surface area contributed by atoms with E-state index in [9.17, 15) is 14.2 Å². The maximum absolute atomic E-state index is 14.0. The molecule has 3 atom stereocenters. The van der Waals surface area contributed by atoms with E-state index in [1.54, 1.807) is 52.4 Å². The van der Waals surface area contributed by atoms with Crippen molar-refractivity contribution in [1.29, 1.82) is 0 Å². The first-order valence-electron chi connectivity index (χ1n) is 12.2. The van der Waals surface area contributed by atoms with Gasteiger partial charge in [0.05, 0.1) is 31.7 Å². The molecule has 0 aliphatic heterocycles. The highest BCUT2D eigenvalue weighted by molar-refractivity contribution is 7.59. The van der Waals surface area contributed by atoms with E-state index < -0.39 is 37.1 Å². The average molecular weight is 542 g/mol. The van der Waals surface area contributed by atoms with Crippen LogP contribution in [0.1, 0.15) is 55.4 Å². The van der Waals surface area contributed by atoms with E-state index >= 15 is 0 Å². The van der Waals surface area contributed by atoms with Gasteiger partial charge in [-0.2, -0.15) is 0 Å². The Bertz CT molecular complexity index is 1120. The maximum Gasteiger partial charge on any atom is 0.326 e. The summed E-state index contributed by atoms with van der Waals surface area (Å²) in [7, 11) is -3.69. The number of nitrogens with two attached hydrogens (primary N) is 1. The third-order valence-electron chi connectivity index (χ3n) is 5.05. The van der Waals surface area contributed by atoms with Crippen LogP contribution in [0.3, 0.4) is 0 Å². The summed E-state index contributed by atoms with van der Waals surface area (Å²) < 4.78 is 32.3. The standard InChI is InChI=1S/C23H40N7O6P/c1-14(2)10-34-21(31)17(6)28-37(33,29-23(7,8)22(32)36-15(3)4)13-35-16(5)9-30-12-27-18-19(24)25-11-26-20(18)30/h11-12,14-17H,9-10,13H2,1-8H3,(H2,24,25,26)(H2,28,29,33)/t16-,17-,37-/m1/s1. The number of ether oxygens (including phenoxy) is 3. The monoisotopic (exact) mass is 541 g/mol. The Morgan fingerprint density at radius 1 is 1.14 bits per heavy atom. The Hall–Kier alpha value is -2.60. The molecule has 0 radical (unpaired) electrons. The lowest BCUT2D eigenvalue weighted by Gasteiger charge is -2.32. The molecule has 208 valence electrons. The number of nitrogens with zero attached hydrogens (tertiary/aromatic N) is 4. The van der Waals surface area contributed by atoms with Crippen LogP contribution in [-0.2, 0) is 34.9 Å². The Kier molecular flexibility index (Phi) is 10.6. The first-order valence-corrected chi connectivity index (χ1v) is 14.1. The Balaban J connectivity index is 2.17. The van der Waals surface area contributed by atoms with Gasteiger partial charge in [0.1, 0.15) is 29.8 Å². The summed E-state index contributed by atoms with van der Waals surface area (Å²) in [4.78, 5) is 37.5. The number of carbonyl (C=O) groups is 2. The van der Waals surface area contributed by atoms with Gasteiger partial charge in [-0.25, -0.2) is 25.1 Å². The molecule has 0 aliphatic rings. The summed E-state index contributed by atoms with van der Waals surface area (Å²) >= 11 is 0. The van der Waals surface area contributed by atoms with Crippen LogP contribution >= 0.6 is 7.44 Å². The molecule has 2 aromatic heterocycles. The van der Waals surface area contributed by atoms with Crippen molar-refractivity contribution in [2.45, 2.75) is 85.7 Å². The van der Waals surface area contributed by atoms with E-state index in [0.29, 0.717) is 17.7 Å². The predicted molar refractivity (Wildman–Crippen MR) is 140 cm³/mol. The van der Waals surface area contributed by atoms with E-state index in [2.05, 4.69) is 25.1 Å². The number of hydrogen-bond donors (Lipinski definition) is 3. The average Bonchev–Trinajstić information content (AvgIpc) is 3.19. The number of nitrogen functional groups attached to an aromatic ring is 1. The van der Waals surface area contributed by atoms with Crippen molar-refractivity contribution < 1.29 is 28.4 Å². The van der Waals surface area contributed by atoms with Gasteiger partial charge in [-0.1, -0.05) is 13.8 Å². The van der Waals surface area contributed by atoms with Crippen molar-refractivity contribution >= 4 is 36.4 Å². The summed E-state index contributed by atoms with van der Waals surface area (Å²) in [5.41, 5.74) is 5.53. The van der Waals surface area contributed by atoms with Gasteiger partial charge in [-0.3, -0.25) is 14.2 Å². The number of imidazole rings is 1. The van der Waals surface area contributed by atoms with Gasteiger partial charge in [-0.15, -0.1) is 0 Å². The molecule has 0 fully saturated rings. The quantitative estimate of drug-likeness (QED) is 0.236. The molecule has 2 rings (SSSR count). The number of rotatable bonds is 14. The molecule has 0 bridgehead atoms. The molecule has 37 heavy (non-hydrogen) atoms. The van der Waals surface area contributed by atoms with Gasteiger partial charge in [0, 0.05) is 0 Å². The molecule has 2 heterocycles. The highest BCUT2D eigenvalue weighted by Crippen LogP contribution is 2.40. The second kappa shape index (κ2) is 12.8. The van der Waals surface area contributed by atoms with Crippen molar-refractivity contribution in [2.24, 2.45) is 5.92 Å². The largest absolute Gasteiger partial charge is 0.464 e. The summed E-state index contributed by atoms with van der Waals surface area (Å²) in [6.07, 6.45) is 1.80. The van der Waals surface area contributed by atoms with E-state index in [-0.39, 0.29) is 30.8 Å². The molecule has 0 spiro atoms. The second-order valence-electron chi connectivity index (χ2n) is 10.2. The molecule has 0 unspecified atom stereocenters. The smallest absolute Gasteiger partial charge is 0.326 e. The van der Waals surface area contributed by atoms with Crippen LogP contribution in [0.15, 0.2) is 12.7 Å². The minimum Gasteiger partial charge on any atom is -0.464 e. The number of carbonyl (C=O) groups excluding carboxylic acids is 2. The number of anilines is 1. The molecular formula is C23H40N7O6P. The molecule has 4 N–H and O–H groups in total. The molecule has 0 aromatic carbocycles. The zero-order valence-electron chi connectivity index (χ0n) is 22.8. The molecule has 0 amide bonds. The SMILES string of the molecule is CC(C)COC(=O)[C@@H](C)N[P@](=O)(CO[C@H](C)Cn1cnc2c(N)ncnc21)NC(C)(C)C(=O)OC(C)C. The predicted octanol–water partition coefficient (Wildman–Crippen LogP) is 2.46. The lowest BCUT2D eigenvalue weighted by molar-refractivity contribution is -0.153. The fraction of sp³-hybridized carbons (Fsp3) is 0.696. The van der Waals surface area contributed by atoms with E-state index in [0.717, 1.165) is 0 Å². The third kappa shape index (κ3) is 9.03. The van der Waals surface area contributed by atoms with Crippen LogP contribution in [0.25, 0.3) is 11.2 Å². The Morgan fingerprint density at radius 2 is 1.81 bits per heavy atom. The molecule has 14 heteroatoms. The van der Waals surface area contributed by atoms with Crippen LogP contribution in [-0.4, -0.2) is 68.2 Å². The molecule has 2 aromatic rings. The van der Waals surface area contributed by atoms with Crippen molar-refractivity contribution in [3.05, 3.63) is 12.7 Å². The molecule has 0 saturated heterocycles. The lowest BCUT2D eigenvalue weighted by atomic mass is 10.1. The van der Waals surface area contributed by atoms with Crippen molar-refractivity contribution in [1.82, 2.24) is 29.7 Å². The van der Waals surface area contributed by atoms with Crippen LogP contribution in [0.2, 0.25) is 0 Å². The van der Waals surface area contributed by atoms with E-state index in [1.165, 1.54) is 6.33 Å². The van der Waals surface area contributed by atoms with Crippen LogP contribution in [0.4, 0.5) is 5.82 Å². The van der Waals surface area contributed by atoms with Gasteiger partial charge < -0.3 is 24.5 Å². The fourth-order valence-corrected chi connectivity index (χ4v) is 5.69. The highest BCUT2D eigenvalue weighted by atomic mass is 31.2. The number of nitrogens with one attached hydrogen (secondary N) is 2. The van der Waals surface area contributed by atoms with E-state index in [4.69, 9.17) is 19.9 Å². The second-order valence-corrected chi connectivity index (χ2v) is 12.5. The van der Waals surface area contributed by atoms with Crippen LogP contribution in [0, 0.1) is 5.92 Å². The molecule has 0 saturated carbocycles. The van der Waals surface area contributed by atoms with Crippen molar-refractivity contribution in [3.8, 4) is 0 Å². The summed E-state index contributed by atoms with van der Waals surface area (Å²) in [5.74, 6) is -0.734. The van der Waals surface area contributed by atoms with Gasteiger partial charge in [0.2, 0.25) is 7.44 Å². The van der Waals surface area contributed by atoms with Crippen LogP contribution < -0.4 is 15.9 Å². The molecule has 0 aliphatic carbocycles. The van der Waals surface area contributed by atoms with Gasteiger partial charge >= 0.3 is 11.9 Å². The Morgan fingerprint density at radius 3 is 2.43 bits per heavy atom. The number of aromatic nitrogens is 4. The maximum atomic E-state index is 14.0. The normalized spacial score (nSPS) is 15.5. The third-order valence-corrected chi connectivity index (χ3v) is 7.29. The van der Waals surface area contributed by atoms with Gasteiger partial charge in [0.25, 0.3) is 0 Å². The minimum atomic E-state index is -3.69. The Labute approximate surface area is 217 Å². The number of fused-ring (bicyclic) bond motifs is 1. The number of hydrogen-bond acceptors (Lipinski definition) is 10. The summed E-state index contributed by atoms with van der Waals surface area (Å²) in [6, 6.07) is -0.926. The van der Waals surface area contributed by atoms with Gasteiger partial charge in [-0.05, 0) is 47.5 Å². The summed E-state index contributed by atoms with van der Waals surface area (Å²) in [5, 5.41) is 5.67. The lowest BCUT2D eigenvalue weighted by Crippen LogP contribution is -2.51. The molecular weight excluding hydrogens is 501 g/mol. The first-order chi connectivity index (χ1) is 17.1. The summed E-state index contributed by atoms with van der Waals surface area (Å²) in [6.45, 7) is 14.3. The number of esters is 2. The first kappa shape index (κ1) is 30.6. The van der Waals surface area contributed by atoms with E-state index in [1.807, 2.05) is 13.8 Å². The van der Waals surface area contributed by atoms with Crippen molar-refractivity contribution in [3.63, 3.8) is 0 Å². The highest BCUT2D eigenvalue weighted by Gasteiger charge is 2.39. The van der Waals surface area contributed by atoms with Gasteiger partial charge in [0.15, 0.2) is 11.5 Å². The van der Waals surface area contributed by atoms with Crippen LogP contribution in [0.5, 0.6) is 0 Å². The zero-order chi connectivity index (χ0) is 28.0. The van der Waals surface area contributed by atoms with Crippen molar-refractivity contribution in [2.75, 3.05) is 18.7 Å². The topological polar surface area (TPSA) is 173 Å².